The number of hydrogen-bond acceptors (Lipinski definition) is 2. The van der Waals surface area contributed by atoms with Crippen LogP contribution >= 0.6 is 35.8 Å². The largest absolute Gasteiger partial charge is 0.480 e. The van der Waals surface area contributed by atoms with Gasteiger partial charge in [0.05, 0.1) is 0 Å². The van der Waals surface area contributed by atoms with Crippen molar-refractivity contribution in [2.45, 2.75) is 22.5 Å². The molecule has 5 heteroatoms. The molecule has 17 heavy (non-hydrogen) atoms. The fourth-order valence-corrected chi connectivity index (χ4v) is 3.93. The standard InChI is InChI=1S/C12H9ClO2S.ClH/c13-8-4-6-5-10(12(14)15)16-9-3-1-2-7(8)11(6)9;/h1-4,6,10H,5H2,(H,14,15);1H. The number of carboxylic acids is 1. The highest BCUT2D eigenvalue weighted by Gasteiger charge is 2.35. The number of carboxylic acid groups (broad SMARTS) is 1. The Labute approximate surface area is 114 Å². The van der Waals surface area contributed by atoms with Crippen molar-refractivity contribution in [2.75, 3.05) is 0 Å². The van der Waals surface area contributed by atoms with Gasteiger partial charge in [0.15, 0.2) is 0 Å². The predicted molar refractivity (Wildman–Crippen MR) is 72.2 cm³/mol. The van der Waals surface area contributed by atoms with Gasteiger partial charge in [-0.25, -0.2) is 0 Å². The highest BCUT2D eigenvalue weighted by Crippen LogP contribution is 2.50. The third-order valence-corrected chi connectivity index (χ3v) is 4.67. The van der Waals surface area contributed by atoms with Gasteiger partial charge in [-0.3, -0.25) is 4.79 Å². The first kappa shape index (κ1) is 12.8. The highest BCUT2D eigenvalue weighted by molar-refractivity contribution is 8.00. The van der Waals surface area contributed by atoms with Crippen LogP contribution in [0.1, 0.15) is 23.5 Å². The quantitative estimate of drug-likeness (QED) is 0.855. The van der Waals surface area contributed by atoms with E-state index in [1.165, 1.54) is 17.3 Å². The van der Waals surface area contributed by atoms with E-state index in [2.05, 4.69) is 0 Å². The first-order chi connectivity index (χ1) is 7.66. The molecule has 0 saturated heterocycles. The summed E-state index contributed by atoms with van der Waals surface area (Å²) < 4.78 is 0. The fraction of sp³-hybridized carbons (Fsp3) is 0.250. The molecule has 0 saturated carbocycles. The van der Waals surface area contributed by atoms with Crippen LogP contribution in [0.2, 0.25) is 0 Å². The maximum Gasteiger partial charge on any atom is 0.317 e. The molecule has 1 aliphatic carbocycles. The first-order valence-electron chi connectivity index (χ1n) is 5.07. The molecule has 0 bridgehead atoms. The van der Waals surface area contributed by atoms with Crippen LogP contribution in [0.25, 0.3) is 5.03 Å². The summed E-state index contributed by atoms with van der Waals surface area (Å²) >= 11 is 7.58. The Balaban J connectivity index is 0.00000108. The van der Waals surface area contributed by atoms with Gasteiger partial charge in [0.25, 0.3) is 0 Å². The molecule has 90 valence electrons. The van der Waals surface area contributed by atoms with E-state index in [1.807, 2.05) is 24.3 Å². The lowest BCUT2D eigenvalue weighted by Gasteiger charge is -2.25. The van der Waals surface area contributed by atoms with Crippen molar-refractivity contribution in [3.63, 3.8) is 0 Å². The molecule has 2 aliphatic rings. The molecule has 0 aromatic heterocycles. The predicted octanol–water partition coefficient (Wildman–Crippen LogP) is 3.73. The van der Waals surface area contributed by atoms with E-state index in [1.54, 1.807) is 0 Å². The molecular weight excluding hydrogens is 279 g/mol. The van der Waals surface area contributed by atoms with Crippen molar-refractivity contribution in [1.29, 1.82) is 0 Å². The fourth-order valence-electron chi connectivity index (χ4n) is 2.36. The second kappa shape index (κ2) is 4.56. The van der Waals surface area contributed by atoms with Gasteiger partial charge in [0, 0.05) is 15.8 Å². The van der Waals surface area contributed by atoms with Crippen LogP contribution in [0.5, 0.6) is 0 Å². The molecule has 1 aromatic rings. The minimum Gasteiger partial charge on any atom is -0.480 e. The second-order valence-electron chi connectivity index (χ2n) is 4.02. The normalized spacial score (nSPS) is 24.6. The van der Waals surface area contributed by atoms with E-state index in [4.69, 9.17) is 16.7 Å². The minimum atomic E-state index is -0.738. The Hall–Kier alpha value is -0.640. The SMILES string of the molecule is Cl.O=C(O)C1CC2C=C(Cl)c3cccc(c32)S1. The Morgan fingerprint density at radius 3 is 2.94 bits per heavy atom. The van der Waals surface area contributed by atoms with Crippen molar-refractivity contribution in [1.82, 2.24) is 0 Å². The third-order valence-electron chi connectivity index (χ3n) is 3.05. The Morgan fingerprint density at radius 2 is 2.24 bits per heavy atom. The van der Waals surface area contributed by atoms with E-state index in [0.29, 0.717) is 6.42 Å². The number of halogens is 2. The van der Waals surface area contributed by atoms with Crippen molar-refractivity contribution >= 4 is 46.8 Å². The maximum atomic E-state index is 11.0. The Kier molecular flexibility index (Phi) is 3.43. The zero-order valence-electron chi connectivity index (χ0n) is 8.72. The van der Waals surface area contributed by atoms with Gasteiger partial charge in [0.2, 0.25) is 0 Å². The Morgan fingerprint density at radius 1 is 1.47 bits per heavy atom. The number of aliphatic carboxylic acids is 1. The van der Waals surface area contributed by atoms with Crippen LogP contribution in [0.4, 0.5) is 0 Å². The summed E-state index contributed by atoms with van der Waals surface area (Å²) in [7, 11) is 0. The molecule has 1 heterocycles. The van der Waals surface area contributed by atoms with Gasteiger partial charge >= 0.3 is 5.97 Å². The van der Waals surface area contributed by atoms with Crippen molar-refractivity contribution < 1.29 is 9.90 Å². The maximum absolute atomic E-state index is 11.0. The van der Waals surface area contributed by atoms with Gasteiger partial charge < -0.3 is 5.11 Å². The van der Waals surface area contributed by atoms with Crippen LogP contribution in [-0.4, -0.2) is 16.3 Å². The van der Waals surface area contributed by atoms with Crippen LogP contribution < -0.4 is 0 Å². The van der Waals surface area contributed by atoms with E-state index in [-0.39, 0.29) is 23.6 Å². The van der Waals surface area contributed by atoms with E-state index in [0.717, 1.165) is 15.5 Å². The molecule has 0 spiro atoms. The third kappa shape index (κ3) is 1.96. The number of hydrogen-bond donors (Lipinski definition) is 1. The summed E-state index contributed by atoms with van der Waals surface area (Å²) in [6, 6.07) is 5.91. The summed E-state index contributed by atoms with van der Waals surface area (Å²) in [6.45, 7) is 0. The first-order valence-corrected chi connectivity index (χ1v) is 6.32. The molecule has 0 fully saturated rings. The number of benzene rings is 1. The van der Waals surface area contributed by atoms with Crippen LogP contribution in [0, 0.1) is 0 Å². The van der Waals surface area contributed by atoms with Crippen LogP contribution in [0.3, 0.4) is 0 Å². The number of thioether (sulfide) groups is 1. The molecule has 1 aliphatic heterocycles. The lowest BCUT2D eigenvalue weighted by atomic mass is 9.95. The van der Waals surface area contributed by atoms with Gasteiger partial charge in [-0.15, -0.1) is 24.2 Å². The monoisotopic (exact) mass is 288 g/mol. The zero-order chi connectivity index (χ0) is 11.3. The lowest BCUT2D eigenvalue weighted by molar-refractivity contribution is -0.136. The molecule has 2 nitrogen and oxygen atoms in total. The highest BCUT2D eigenvalue weighted by atomic mass is 35.5. The molecule has 0 radical (unpaired) electrons. The van der Waals surface area contributed by atoms with Crippen LogP contribution in [-0.2, 0) is 4.79 Å². The van der Waals surface area contributed by atoms with Gasteiger partial charge in [-0.05, 0) is 23.6 Å². The molecule has 2 unspecified atom stereocenters. The van der Waals surface area contributed by atoms with Crippen LogP contribution in [0.15, 0.2) is 29.2 Å². The molecular formula is C12H10Cl2O2S. The van der Waals surface area contributed by atoms with Crippen molar-refractivity contribution in [2.24, 2.45) is 0 Å². The van der Waals surface area contributed by atoms with Crippen molar-refractivity contribution in [3.05, 3.63) is 35.4 Å². The molecule has 1 aromatic carbocycles. The summed E-state index contributed by atoms with van der Waals surface area (Å²) in [6.07, 6.45) is 2.62. The number of carbonyl (C=O) groups is 1. The lowest BCUT2D eigenvalue weighted by Crippen LogP contribution is -2.22. The molecule has 1 N–H and O–H groups in total. The summed E-state index contributed by atoms with van der Waals surface area (Å²) in [5.74, 6) is -0.557. The minimum absolute atomic E-state index is 0. The molecule has 3 rings (SSSR count). The molecule has 0 amide bonds. The summed E-state index contributed by atoms with van der Waals surface area (Å²) in [4.78, 5) is 12.1. The Bertz CT molecular complexity index is 513. The second-order valence-corrected chi connectivity index (χ2v) is 5.67. The summed E-state index contributed by atoms with van der Waals surface area (Å²) in [5.41, 5.74) is 2.29. The van der Waals surface area contributed by atoms with E-state index >= 15 is 0 Å². The molecule has 2 atom stereocenters. The zero-order valence-corrected chi connectivity index (χ0v) is 11.1. The van der Waals surface area contributed by atoms with Gasteiger partial charge in [-0.1, -0.05) is 29.8 Å². The van der Waals surface area contributed by atoms with E-state index in [9.17, 15) is 4.79 Å². The average Bonchev–Trinajstić information content (AvgIpc) is 2.58. The number of rotatable bonds is 1. The van der Waals surface area contributed by atoms with Gasteiger partial charge in [-0.2, -0.15) is 0 Å². The average molecular weight is 289 g/mol. The van der Waals surface area contributed by atoms with E-state index < -0.39 is 5.97 Å². The summed E-state index contributed by atoms with van der Waals surface area (Å²) in [5, 5.41) is 9.49. The van der Waals surface area contributed by atoms with Gasteiger partial charge in [0.1, 0.15) is 5.25 Å². The smallest absolute Gasteiger partial charge is 0.317 e. The van der Waals surface area contributed by atoms with Crippen molar-refractivity contribution in [3.8, 4) is 0 Å². The number of allylic oxidation sites excluding steroid dienone is 1. The topological polar surface area (TPSA) is 37.3 Å².